The van der Waals surface area contributed by atoms with Gasteiger partial charge in [0.15, 0.2) is 0 Å². The monoisotopic (exact) mass is 471 g/mol. The standard InChI is InChI=1S/C23H14F5N5O/c24-16-2-3-17(25)21-20(16)22(33-12-32-21)31-7-5-13-1-4-18(14(9-13)11-29)34-19-10-15(6-8-30-19)23(26,27)28/h1-4,6,8-10,12H,5,7H2,(H,31,32,33). The molecule has 2 heterocycles. The van der Waals surface area contributed by atoms with Crippen molar-refractivity contribution in [1.29, 1.82) is 5.26 Å². The lowest BCUT2D eigenvalue weighted by Crippen LogP contribution is -2.08. The van der Waals surface area contributed by atoms with E-state index in [1.54, 1.807) is 6.07 Å². The molecule has 11 heteroatoms. The third-order valence-electron chi connectivity index (χ3n) is 4.84. The summed E-state index contributed by atoms with van der Waals surface area (Å²) >= 11 is 0. The molecular weight excluding hydrogens is 457 g/mol. The lowest BCUT2D eigenvalue weighted by molar-refractivity contribution is -0.137. The van der Waals surface area contributed by atoms with Crippen molar-refractivity contribution in [2.45, 2.75) is 12.6 Å². The van der Waals surface area contributed by atoms with Crippen LogP contribution in [0.5, 0.6) is 11.6 Å². The highest BCUT2D eigenvalue weighted by atomic mass is 19.4. The summed E-state index contributed by atoms with van der Waals surface area (Å²) < 4.78 is 72.1. The number of fused-ring (bicyclic) bond motifs is 1. The van der Waals surface area contributed by atoms with Crippen molar-refractivity contribution >= 4 is 16.7 Å². The van der Waals surface area contributed by atoms with Crippen LogP contribution in [0.3, 0.4) is 0 Å². The summed E-state index contributed by atoms with van der Waals surface area (Å²) in [6.45, 7) is 0.266. The molecule has 0 amide bonds. The zero-order valence-corrected chi connectivity index (χ0v) is 17.2. The minimum atomic E-state index is -4.56. The molecule has 0 saturated heterocycles. The van der Waals surface area contributed by atoms with E-state index in [-0.39, 0.29) is 40.5 Å². The molecule has 0 radical (unpaired) electrons. The number of aromatic nitrogens is 3. The molecule has 0 aliphatic heterocycles. The third kappa shape index (κ3) is 4.85. The number of hydrogen-bond donors (Lipinski definition) is 1. The largest absolute Gasteiger partial charge is 0.438 e. The molecule has 0 atom stereocenters. The van der Waals surface area contributed by atoms with Crippen LogP contribution in [0.25, 0.3) is 10.9 Å². The van der Waals surface area contributed by atoms with Gasteiger partial charge in [-0.1, -0.05) is 6.07 Å². The van der Waals surface area contributed by atoms with E-state index in [2.05, 4.69) is 20.3 Å². The van der Waals surface area contributed by atoms with Crippen molar-refractivity contribution in [3.63, 3.8) is 0 Å². The van der Waals surface area contributed by atoms with Gasteiger partial charge in [0.1, 0.15) is 41.1 Å². The molecule has 0 aliphatic rings. The number of nitriles is 1. The Labute approximate surface area is 189 Å². The van der Waals surface area contributed by atoms with Crippen LogP contribution in [0, 0.1) is 23.0 Å². The summed E-state index contributed by atoms with van der Waals surface area (Å²) in [4.78, 5) is 11.5. The summed E-state index contributed by atoms with van der Waals surface area (Å²) in [5, 5.41) is 12.3. The van der Waals surface area contributed by atoms with E-state index in [4.69, 9.17) is 4.74 Å². The van der Waals surface area contributed by atoms with Gasteiger partial charge in [-0.05, 0) is 42.3 Å². The maximum absolute atomic E-state index is 14.2. The molecule has 172 valence electrons. The minimum Gasteiger partial charge on any atom is -0.438 e. The number of alkyl halides is 3. The molecule has 6 nitrogen and oxygen atoms in total. The molecular formula is C23H14F5N5O. The zero-order chi connectivity index (χ0) is 24.3. The van der Waals surface area contributed by atoms with E-state index in [9.17, 15) is 27.2 Å². The summed E-state index contributed by atoms with van der Waals surface area (Å²) in [5.74, 6) is -1.48. The van der Waals surface area contributed by atoms with Gasteiger partial charge >= 0.3 is 6.18 Å². The molecule has 0 saturated carbocycles. The first-order chi connectivity index (χ1) is 16.3. The minimum absolute atomic E-state index is 0.0466. The Kier molecular flexibility index (Phi) is 6.23. The fourth-order valence-electron chi connectivity index (χ4n) is 3.22. The van der Waals surface area contributed by atoms with Crippen molar-refractivity contribution in [3.8, 4) is 17.7 Å². The topological polar surface area (TPSA) is 83.7 Å². The molecule has 4 aromatic rings. The lowest BCUT2D eigenvalue weighted by Gasteiger charge is -2.12. The second-order valence-corrected chi connectivity index (χ2v) is 7.08. The van der Waals surface area contributed by atoms with Crippen LogP contribution >= 0.6 is 0 Å². The Morgan fingerprint density at radius 1 is 0.971 bits per heavy atom. The number of nitrogens with one attached hydrogen (secondary N) is 1. The summed E-state index contributed by atoms with van der Waals surface area (Å²) in [6.07, 6.45) is -2.09. The van der Waals surface area contributed by atoms with Crippen LogP contribution in [0.2, 0.25) is 0 Å². The van der Waals surface area contributed by atoms with Gasteiger partial charge in [0.25, 0.3) is 0 Å². The Bertz CT molecular complexity index is 1400. The van der Waals surface area contributed by atoms with Gasteiger partial charge in [-0.2, -0.15) is 18.4 Å². The predicted octanol–water partition coefficient (Wildman–Crippen LogP) is 5.64. The maximum atomic E-state index is 14.2. The van der Waals surface area contributed by atoms with E-state index in [1.807, 2.05) is 6.07 Å². The third-order valence-corrected chi connectivity index (χ3v) is 4.84. The highest BCUT2D eigenvalue weighted by molar-refractivity contribution is 5.89. The Hall–Kier alpha value is -4.33. The number of rotatable bonds is 6. The van der Waals surface area contributed by atoms with Crippen molar-refractivity contribution in [2.75, 3.05) is 11.9 Å². The number of halogens is 5. The normalized spacial score (nSPS) is 11.3. The van der Waals surface area contributed by atoms with Gasteiger partial charge in [-0.3, -0.25) is 0 Å². The number of nitrogens with zero attached hydrogens (tertiary/aromatic N) is 4. The number of hydrogen-bond acceptors (Lipinski definition) is 6. The molecule has 0 aliphatic carbocycles. The molecule has 34 heavy (non-hydrogen) atoms. The average Bonchev–Trinajstić information content (AvgIpc) is 2.82. The van der Waals surface area contributed by atoms with Gasteiger partial charge in [0.2, 0.25) is 5.88 Å². The first kappa shape index (κ1) is 22.8. The number of ether oxygens (including phenoxy) is 1. The highest BCUT2D eigenvalue weighted by Crippen LogP contribution is 2.32. The number of anilines is 1. The van der Waals surface area contributed by atoms with Crippen LogP contribution in [-0.4, -0.2) is 21.5 Å². The van der Waals surface area contributed by atoms with E-state index >= 15 is 0 Å². The summed E-state index contributed by atoms with van der Waals surface area (Å²) in [6, 6.07) is 10.1. The molecule has 0 spiro atoms. The number of benzene rings is 2. The van der Waals surface area contributed by atoms with E-state index in [1.165, 1.54) is 12.1 Å². The van der Waals surface area contributed by atoms with Crippen LogP contribution in [-0.2, 0) is 12.6 Å². The van der Waals surface area contributed by atoms with E-state index in [0.717, 1.165) is 36.8 Å². The fraction of sp³-hybridized carbons (Fsp3) is 0.130. The Morgan fingerprint density at radius 2 is 1.76 bits per heavy atom. The van der Waals surface area contributed by atoms with Crippen molar-refractivity contribution in [3.05, 3.63) is 83.3 Å². The summed E-state index contributed by atoms with van der Waals surface area (Å²) in [7, 11) is 0. The SMILES string of the molecule is N#Cc1cc(CCNc2ncnc3c(F)ccc(F)c23)ccc1Oc1cc(C(F)(F)F)ccn1. The molecule has 0 unspecified atom stereocenters. The van der Waals surface area contributed by atoms with Crippen molar-refractivity contribution in [1.82, 2.24) is 15.0 Å². The second kappa shape index (κ2) is 9.27. The predicted molar refractivity (Wildman–Crippen MR) is 112 cm³/mol. The smallest absolute Gasteiger partial charge is 0.416 e. The first-order valence-electron chi connectivity index (χ1n) is 9.83. The zero-order valence-electron chi connectivity index (χ0n) is 17.2. The van der Waals surface area contributed by atoms with Crippen LogP contribution in [0.4, 0.5) is 27.8 Å². The average molecular weight is 471 g/mol. The molecule has 2 aromatic heterocycles. The van der Waals surface area contributed by atoms with Crippen LogP contribution in [0.1, 0.15) is 16.7 Å². The molecule has 1 N–H and O–H groups in total. The maximum Gasteiger partial charge on any atom is 0.416 e. The first-order valence-corrected chi connectivity index (χ1v) is 9.83. The van der Waals surface area contributed by atoms with Gasteiger partial charge in [0.05, 0.1) is 16.5 Å². The van der Waals surface area contributed by atoms with Gasteiger partial charge in [-0.15, -0.1) is 0 Å². The van der Waals surface area contributed by atoms with E-state index in [0.29, 0.717) is 12.0 Å². The quantitative estimate of drug-likeness (QED) is 0.367. The van der Waals surface area contributed by atoms with E-state index < -0.39 is 23.4 Å². The van der Waals surface area contributed by atoms with Crippen molar-refractivity contribution in [2.24, 2.45) is 0 Å². The highest BCUT2D eigenvalue weighted by Gasteiger charge is 2.31. The van der Waals surface area contributed by atoms with Crippen molar-refractivity contribution < 1.29 is 26.7 Å². The molecule has 0 bridgehead atoms. The Morgan fingerprint density at radius 3 is 2.53 bits per heavy atom. The molecule has 4 rings (SSSR count). The van der Waals surface area contributed by atoms with Gasteiger partial charge < -0.3 is 10.1 Å². The van der Waals surface area contributed by atoms with Crippen LogP contribution in [0.15, 0.2) is 55.0 Å². The lowest BCUT2D eigenvalue weighted by atomic mass is 10.1. The van der Waals surface area contributed by atoms with Crippen LogP contribution < -0.4 is 10.1 Å². The van der Waals surface area contributed by atoms with Gasteiger partial charge in [0, 0.05) is 18.8 Å². The number of pyridine rings is 1. The molecule has 2 aromatic carbocycles. The Balaban J connectivity index is 1.48. The molecule has 0 fully saturated rings. The fourth-order valence-corrected chi connectivity index (χ4v) is 3.22. The second-order valence-electron chi connectivity index (χ2n) is 7.08. The summed E-state index contributed by atoms with van der Waals surface area (Å²) in [5.41, 5.74) is -0.281. The van der Waals surface area contributed by atoms with Gasteiger partial charge in [-0.25, -0.2) is 23.7 Å².